The summed E-state index contributed by atoms with van der Waals surface area (Å²) in [6.07, 6.45) is 3.48. The van der Waals surface area contributed by atoms with Crippen molar-refractivity contribution in [2.24, 2.45) is 0 Å². The van der Waals surface area contributed by atoms with Gasteiger partial charge >= 0.3 is 0 Å². The molecule has 5 heteroatoms. The molecular formula is C13H17BFN3. The van der Waals surface area contributed by atoms with Gasteiger partial charge in [0.1, 0.15) is 13.7 Å². The molecule has 0 aliphatic heterocycles. The van der Waals surface area contributed by atoms with Crippen LogP contribution in [0.5, 0.6) is 0 Å². The molecule has 0 amide bonds. The number of anilines is 1. The van der Waals surface area contributed by atoms with Gasteiger partial charge in [-0.05, 0) is 32.0 Å². The predicted molar refractivity (Wildman–Crippen MR) is 74.5 cm³/mol. The fraction of sp³-hybridized carbons (Fsp3) is 0.308. The summed E-state index contributed by atoms with van der Waals surface area (Å²) in [7, 11) is 1.79. The summed E-state index contributed by atoms with van der Waals surface area (Å²) in [5, 5.41) is 0. The van der Waals surface area contributed by atoms with Crippen molar-refractivity contribution in [1.82, 2.24) is 9.97 Å². The van der Waals surface area contributed by atoms with E-state index in [1.165, 1.54) is 6.07 Å². The highest BCUT2D eigenvalue weighted by atomic mass is 19.1. The highest BCUT2D eigenvalue weighted by Crippen LogP contribution is 2.18. The third-order valence-electron chi connectivity index (χ3n) is 2.99. The zero-order valence-electron chi connectivity index (χ0n) is 10.9. The van der Waals surface area contributed by atoms with Gasteiger partial charge in [0.25, 0.3) is 0 Å². The van der Waals surface area contributed by atoms with Crippen molar-refractivity contribution in [2.75, 3.05) is 4.90 Å². The first kappa shape index (κ1) is 12.7. The zero-order chi connectivity index (χ0) is 13.1. The fourth-order valence-electron chi connectivity index (χ4n) is 1.93. The molecule has 0 unspecified atom stereocenters. The Morgan fingerprint density at radius 1 is 1.44 bits per heavy atom. The van der Waals surface area contributed by atoms with E-state index in [1.807, 2.05) is 18.3 Å². The number of halogens is 1. The summed E-state index contributed by atoms with van der Waals surface area (Å²) in [6, 6.07) is 5.55. The molecule has 1 heterocycles. The Morgan fingerprint density at radius 2 is 2.22 bits per heavy atom. The van der Waals surface area contributed by atoms with Gasteiger partial charge in [-0.3, -0.25) is 0 Å². The first-order valence-electron chi connectivity index (χ1n) is 6.08. The number of aromatic amines is 1. The largest absolute Gasteiger partial charge is 0.363 e. The van der Waals surface area contributed by atoms with Gasteiger partial charge in [0.2, 0.25) is 0 Å². The number of rotatable bonds is 4. The molecule has 0 aliphatic rings. The number of hydrogen-bond donors (Lipinski definition) is 1. The second-order valence-electron chi connectivity index (χ2n) is 4.73. The predicted octanol–water partition coefficient (Wildman–Crippen LogP) is 1.22. The first-order valence-corrected chi connectivity index (χ1v) is 6.08. The molecule has 94 valence electrons. The molecule has 1 aromatic heterocycles. The number of hydrogen-bond acceptors (Lipinski definition) is 2. The van der Waals surface area contributed by atoms with Crippen molar-refractivity contribution in [1.29, 1.82) is 0 Å². The summed E-state index contributed by atoms with van der Waals surface area (Å²) in [4.78, 5) is 9.32. The average molecular weight is 245 g/mol. The molecule has 0 fully saturated rings. The lowest BCUT2D eigenvalue weighted by Crippen LogP contribution is -2.31. The second-order valence-corrected chi connectivity index (χ2v) is 4.73. The minimum Gasteiger partial charge on any atom is -0.363 e. The van der Waals surface area contributed by atoms with Crippen molar-refractivity contribution < 1.29 is 4.39 Å². The van der Waals surface area contributed by atoms with E-state index in [1.54, 1.807) is 14.2 Å². The van der Waals surface area contributed by atoms with Crippen molar-refractivity contribution in [3.63, 3.8) is 0 Å². The molecule has 0 spiro atoms. The molecule has 0 saturated carbocycles. The lowest BCUT2D eigenvalue weighted by molar-refractivity contribution is 0.633. The molecule has 3 nitrogen and oxygen atoms in total. The molecule has 2 rings (SSSR count). The number of nitrogens with one attached hydrogen (secondary N) is 1. The molecule has 0 saturated heterocycles. The van der Waals surface area contributed by atoms with Gasteiger partial charge in [0.05, 0.1) is 18.6 Å². The summed E-state index contributed by atoms with van der Waals surface area (Å²) in [6.45, 7) is 4.98. The van der Waals surface area contributed by atoms with Gasteiger partial charge in [-0.2, -0.15) is 0 Å². The van der Waals surface area contributed by atoms with E-state index >= 15 is 0 Å². The van der Waals surface area contributed by atoms with Crippen molar-refractivity contribution in [2.45, 2.75) is 26.4 Å². The Balaban J connectivity index is 2.26. The minimum atomic E-state index is -0.163. The molecule has 0 aliphatic carbocycles. The molecule has 2 aromatic rings. The van der Waals surface area contributed by atoms with Gasteiger partial charge < -0.3 is 9.88 Å². The fourth-order valence-corrected chi connectivity index (χ4v) is 1.93. The third-order valence-corrected chi connectivity index (χ3v) is 2.99. The molecule has 18 heavy (non-hydrogen) atoms. The Morgan fingerprint density at radius 3 is 2.78 bits per heavy atom. The molecule has 0 atom stereocenters. The Bertz CT molecular complexity index is 511. The first-order chi connectivity index (χ1) is 8.58. The van der Waals surface area contributed by atoms with Crippen LogP contribution in [0.2, 0.25) is 0 Å². The summed E-state index contributed by atoms with van der Waals surface area (Å²) >= 11 is 0. The molecular weight excluding hydrogens is 228 g/mol. The molecule has 1 aromatic carbocycles. The van der Waals surface area contributed by atoms with E-state index in [2.05, 4.69) is 28.7 Å². The maximum absolute atomic E-state index is 13.3. The van der Waals surface area contributed by atoms with E-state index in [0.717, 1.165) is 17.9 Å². The smallest absolute Gasteiger partial charge is 0.143 e. The lowest BCUT2D eigenvalue weighted by Gasteiger charge is -2.29. The van der Waals surface area contributed by atoms with E-state index in [0.29, 0.717) is 11.5 Å². The summed E-state index contributed by atoms with van der Waals surface area (Å²) < 4.78 is 13.3. The van der Waals surface area contributed by atoms with Gasteiger partial charge in [0, 0.05) is 17.9 Å². The van der Waals surface area contributed by atoms with Crippen LogP contribution in [0.25, 0.3) is 0 Å². The topological polar surface area (TPSA) is 31.9 Å². The van der Waals surface area contributed by atoms with Crippen LogP contribution in [0.3, 0.4) is 0 Å². The highest BCUT2D eigenvalue weighted by molar-refractivity contribution is 6.32. The number of imidazole rings is 1. The number of benzene rings is 1. The van der Waals surface area contributed by atoms with Crippen molar-refractivity contribution in [3.8, 4) is 0 Å². The zero-order valence-corrected chi connectivity index (χ0v) is 10.9. The van der Waals surface area contributed by atoms with Crippen LogP contribution in [0.15, 0.2) is 30.7 Å². The van der Waals surface area contributed by atoms with Crippen molar-refractivity contribution in [3.05, 3.63) is 42.2 Å². The number of nitrogens with zero attached hydrogens (tertiary/aromatic N) is 2. The van der Waals surface area contributed by atoms with Crippen LogP contribution >= 0.6 is 0 Å². The molecule has 0 radical (unpaired) electrons. The van der Waals surface area contributed by atoms with E-state index in [-0.39, 0.29) is 5.82 Å². The monoisotopic (exact) mass is 245 g/mol. The Kier molecular flexibility index (Phi) is 3.70. The minimum absolute atomic E-state index is 0.163. The van der Waals surface area contributed by atoms with E-state index < -0.39 is 0 Å². The molecule has 0 bridgehead atoms. The van der Waals surface area contributed by atoms with Gasteiger partial charge in [-0.15, -0.1) is 0 Å². The van der Waals surface area contributed by atoms with Gasteiger partial charge in [-0.1, -0.05) is 5.46 Å². The SMILES string of the molecule is Bc1cc(N(Cc2cnc[nH]2)C(C)C)ccc1F. The Hall–Kier alpha value is -1.78. The summed E-state index contributed by atoms with van der Waals surface area (Å²) in [5.74, 6) is -0.163. The second kappa shape index (κ2) is 5.25. The van der Waals surface area contributed by atoms with Crippen LogP contribution < -0.4 is 10.4 Å². The molecule has 1 N–H and O–H groups in total. The van der Waals surface area contributed by atoms with Crippen LogP contribution in [0.4, 0.5) is 10.1 Å². The summed E-state index contributed by atoms with van der Waals surface area (Å²) in [5.41, 5.74) is 2.74. The average Bonchev–Trinajstić information content (AvgIpc) is 2.82. The van der Waals surface area contributed by atoms with E-state index in [4.69, 9.17) is 0 Å². The Labute approximate surface area is 107 Å². The van der Waals surface area contributed by atoms with Crippen LogP contribution in [0.1, 0.15) is 19.5 Å². The quantitative estimate of drug-likeness (QED) is 0.821. The third kappa shape index (κ3) is 2.72. The van der Waals surface area contributed by atoms with Gasteiger partial charge in [0.15, 0.2) is 0 Å². The van der Waals surface area contributed by atoms with Crippen LogP contribution in [-0.2, 0) is 6.54 Å². The lowest BCUT2D eigenvalue weighted by atomic mass is 9.94. The number of aromatic nitrogens is 2. The normalized spacial score (nSPS) is 10.9. The van der Waals surface area contributed by atoms with Crippen LogP contribution in [-0.4, -0.2) is 23.9 Å². The maximum atomic E-state index is 13.3. The van der Waals surface area contributed by atoms with Crippen LogP contribution in [0, 0.1) is 5.82 Å². The van der Waals surface area contributed by atoms with Gasteiger partial charge in [-0.25, -0.2) is 9.37 Å². The highest BCUT2D eigenvalue weighted by Gasteiger charge is 2.13. The number of H-pyrrole nitrogens is 1. The van der Waals surface area contributed by atoms with Crippen molar-refractivity contribution >= 4 is 19.0 Å². The maximum Gasteiger partial charge on any atom is 0.143 e. The van der Waals surface area contributed by atoms with E-state index in [9.17, 15) is 4.39 Å². The standard InChI is InChI=1S/C13H17BFN3/c1-9(2)18(7-10-6-16-8-17-10)11-3-4-13(15)12(14)5-11/h3-6,8-9H,7,14H2,1-2H3,(H,16,17).